The molecule has 0 aliphatic carbocycles. The molecule has 2 heterocycles. The van der Waals surface area contributed by atoms with E-state index in [9.17, 15) is 5.11 Å². The van der Waals surface area contributed by atoms with E-state index in [1.54, 1.807) is 0 Å². The van der Waals surface area contributed by atoms with Crippen molar-refractivity contribution in [2.45, 2.75) is 25.4 Å². The lowest BCUT2D eigenvalue weighted by molar-refractivity contribution is 0.122. The molecule has 0 spiro atoms. The van der Waals surface area contributed by atoms with E-state index in [2.05, 4.69) is 58.3 Å². The van der Waals surface area contributed by atoms with E-state index in [0.717, 1.165) is 45.8 Å². The monoisotopic (exact) mass is 352 g/mol. The highest BCUT2D eigenvalue weighted by Crippen LogP contribution is 2.25. The number of morpholine rings is 1. The molecule has 4 heteroatoms. The maximum atomic E-state index is 9.47. The molecule has 2 fully saturated rings. The van der Waals surface area contributed by atoms with Crippen LogP contribution >= 0.6 is 0 Å². The number of rotatable bonds is 5. The van der Waals surface area contributed by atoms with Crippen molar-refractivity contribution >= 4 is 5.69 Å². The molecule has 26 heavy (non-hydrogen) atoms. The zero-order chi connectivity index (χ0) is 17.8. The van der Waals surface area contributed by atoms with Gasteiger partial charge in [-0.15, -0.1) is 0 Å². The predicted molar refractivity (Wildman–Crippen MR) is 105 cm³/mol. The Balaban J connectivity index is 1.41. The molecular formula is C22H28N2O2. The van der Waals surface area contributed by atoms with Gasteiger partial charge in [0.15, 0.2) is 0 Å². The lowest BCUT2D eigenvalue weighted by Gasteiger charge is -2.28. The second-order valence-electron chi connectivity index (χ2n) is 7.29. The van der Waals surface area contributed by atoms with Gasteiger partial charge >= 0.3 is 0 Å². The minimum atomic E-state index is 0.271. The molecule has 2 aromatic carbocycles. The molecular weight excluding hydrogens is 324 g/mol. The number of likely N-dealkylation sites (tertiary alicyclic amines) is 1. The number of nitrogens with zero attached hydrogens (tertiary/aromatic N) is 2. The number of benzene rings is 2. The van der Waals surface area contributed by atoms with Crippen molar-refractivity contribution in [2.24, 2.45) is 0 Å². The van der Waals surface area contributed by atoms with E-state index in [1.165, 1.54) is 28.8 Å². The van der Waals surface area contributed by atoms with Crippen LogP contribution in [-0.4, -0.2) is 55.5 Å². The molecule has 1 atom stereocenters. The second kappa shape index (κ2) is 8.21. The number of ether oxygens (including phenoxy) is 1. The van der Waals surface area contributed by atoms with Gasteiger partial charge in [0.25, 0.3) is 0 Å². The van der Waals surface area contributed by atoms with Crippen LogP contribution in [0.1, 0.15) is 18.4 Å². The third-order valence-corrected chi connectivity index (χ3v) is 5.63. The maximum absolute atomic E-state index is 9.47. The average Bonchev–Trinajstić information content (AvgIpc) is 3.16. The molecule has 0 aromatic heterocycles. The van der Waals surface area contributed by atoms with E-state index in [0.29, 0.717) is 6.04 Å². The molecule has 2 aliphatic rings. The normalized spacial score (nSPS) is 21.3. The Morgan fingerprint density at radius 3 is 2.19 bits per heavy atom. The Kier molecular flexibility index (Phi) is 5.54. The Morgan fingerprint density at radius 1 is 0.885 bits per heavy atom. The fourth-order valence-corrected chi connectivity index (χ4v) is 4.03. The standard InChI is InChI=1S/C22H28N2O2/c25-17-22-2-1-11-24(22)16-18-3-5-19(6-4-18)20-7-9-21(10-8-20)23-12-14-26-15-13-23/h3-10,22,25H,1-2,11-17H2. The first-order valence-corrected chi connectivity index (χ1v) is 9.70. The minimum absolute atomic E-state index is 0.271. The van der Waals surface area contributed by atoms with Crippen LogP contribution in [0.5, 0.6) is 0 Å². The molecule has 4 nitrogen and oxygen atoms in total. The fraction of sp³-hybridized carbons (Fsp3) is 0.455. The highest BCUT2D eigenvalue weighted by Gasteiger charge is 2.23. The summed E-state index contributed by atoms with van der Waals surface area (Å²) >= 11 is 0. The number of hydrogen-bond acceptors (Lipinski definition) is 4. The first-order chi connectivity index (χ1) is 12.8. The molecule has 1 unspecified atom stereocenters. The maximum Gasteiger partial charge on any atom is 0.0642 e. The Bertz CT molecular complexity index is 693. The molecule has 138 valence electrons. The SMILES string of the molecule is OCC1CCCN1Cc1ccc(-c2ccc(N3CCOCC3)cc2)cc1. The van der Waals surface area contributed by atoms with Crippen LogP contribution in [0.25, 0.3) is 11.1 Å². The highest BCUT2D eigenvalue weighted by atomic mass is 16.5. The third-order valence-electron chi connectivity index (χ3n) is 5.63. The van der Waals surface area contributed by atoms with Gasteiger partial charge in [-0.2, -0.15) is 0 Å². The molecule has 0 bridgehead atoms. The van der Waals surface area contributed by atoms with Crippen molar-refractivity contribution in [1.29, 1.82) is 0 Å². The summed E-state index contributed by atoms with van der Waals surface area (Å²) in [5.74, 6) is 0. The Labute approximate surface area is 156 Å². The minimum Gasteiger partial charge on any atom is -0.395 e. The quantitative estimate of drug-likeness (QED) is 0.897. The van der Waals surface area contributed by atoms with Crippen molar-refractivity contribution in [3.05, 3.63) is 54.1 Å². The zero-order valence-corrected chi connectivity index (χ0v) is 15.3. The van der Waals surface area contributed by atoms with Gasteiger partial charge in [0.1, 0.15) is 0 Å². The Morgan fingerprint density at radius 2 is 1.54 bits per heavy atom. The molecule has 0 amide bonds. The van der Waals surface area contributed by atoms with Crippen molar-refractivity contribution in [3.63, 3.8) is 0 Å². The number of aliphatic hydroxyl groups excluding tert-OH is 1. The Hall–Kier alpha value is -1.88. The van der Waals surface area contributed by atoms with Gasteiger partial charge in [0.2, 0.25) is 0 Å². The van der Waals surface area contributed by atoms with Crippen LogP contribution in [0.2, 0.25) is 0 Å². The summed E-state index contributed by atoms with van der Waals surface area (Å²) in [6.07, 6.45) is 2.31. The van der Waals surface area contributed by atoms with Crippen LogP contribution in [-0.2, 0) is 11.3 Å². The van der Waals surface area contributed by atoms with E-state index in [-0.39, 0.29) is 6.61 Å². The predicted octanol–water partition coefficient (Wildman–Crippen LogP) is 3.15. The summed E-state index contributed by atoms with van der Waals surface area (Å²) < 4.78 is 5.43. The second-order valence-corrected chi connectivity index (χ2v) is 7.29. The summed E-state index contributed by atoms with van der Waals surface area (Å²) in [6.45, 7) is 5.87. The molecule has 2 aliphatic heterocycles. The van der Waals surface area contributed by atoms with Gasteiger partial charge in [-0.25, -0.2) is 0 Å². The van der Waals surface area contributed by atoms with Gasteiger partial charge in [-0.05, 0) is 48.2 Å². The van der Waals surface area contributed by atoms with E-state index < -0.39 is 0 Å². The first kappa shape index (κ1) is 17.5. The fourth-order valence-electron chi connectivity index (χ4n) is 4.03. The van der Waals surface area contributed by atoms with E-state index in [1.807, 2.05) is 0 Å². The van der Waals surface area contributed by atoms with Crippen molar-refractivity contribution in [2.75, 3.05) is 44.4 Å². The summed E-state index contributed by atoms with van der Waals surface area (Å²) in [4.78, 5) is 4.77. The lowest BCUT2D eigenvalue weighted by Crippen LogP contribution is -2.36. The van der Waals surface area contributed by atoms with Gasteiger partial charge in [-0.3, -0.25) is 4.90 Å². The average molecular weight is 352 g/mol. The van der Waals surface area contributed by atoms with Crippen LogP contribution in [0, 0.1) is 0 Å². The molecule has 2 aromatic rings. The van der Waals surface area contributed by atoms with Crippen molar-refractivity contribution in [3.8, 4) is 11.1 Å². The summed E-state index contributed by atoms with van der Waals surface area (Å²) in [6, 6.07) is 18.0. The summed E-state index contributed by atoms with van der Waals surface area (Å²) in [5.41, 5.74) is 5.10. The smallest absolute Gasteiger partial charge is 0.0642 e. The van der Waals surface area contributed by atoms with Gasteiger partial charge < -0.3 is 14.7 Å². The van der Waals surface area contributed by atoms with Crippen LogP contribution < -0.4 is 4.90 Å². The van der Waals surface area contributed by atoms with Crippen molar-refractivity contribution < 1.29 is 9.84 Å². The topological polar surface area (TPSA) is 35.9 Å². The van der Waals surface area contributed by atoms with Gasteiger partial charge in [0.05, 0.1) is 19.8 Å². The zero-order valence-electron chi connectivity index (χ0n) is 15.3. The number of anilines is 1. The van der Waals surface area contributed by atoms with E-state index in [4.69, 9.17) is 4.74 Å². The first-order valence-electron chi connectivity index (χ1n) is 9.70. The molecule has 0 radical (unpaired) electrons. The number of hydrogen-bond donors (Lipinski definition) is 1. The van der Waals surface area contributed by atoms with Crippen molar-refractivity contribution in [1.82, 2.24) is 4.90 Å². The largest absolute Gasteiger partial charge is 0.395 e. The lowest BCUT2D eigenvalue weighted by atomic mass is 10.0. The van der Waals surface area contributed by atoms with E-state index >= 15 is 0 Å². The van der Waals surface area contributed by atoms with Crippen LogP contribution in [0.15, 0.2) is 48.5 Å². The van der Waals surface area contributed by atoms with Crippen LogP contribution in [0.4, 0.5) is 5.69 Å². The molecule has 0 saturated carbocycles. The number of aliphatic hydroxyl groups is 1. The van der Waals surface area contributed by atoms with Crippen LogP contribution in [0.3, 0.4) is 0 Å². The summed E-state index contributed by atoms with van der Waals surface area (Å²) in [7, 11) is 0. The highest BCUT2D eigenvalue weighted by molar-refractivity contribution is 5.66. The summed E-state index contributed by atoms with van der Waals surface area (Å²) in [5, 5.41) is 9.47. The van der Waals surface area contributed by atoms with Gasteiger partial charge in [-0.1, -0.05) is 36.4 Å². The third kappa shape index (κ3) is 3.93. The molecule has 2 saturated heterocycles. The van der Waals surface area contributed by atoms with Gasteiger partial charge in [0, 0.05) is 31.4 Å². The molecule has 1 N–H and O–H groups in total. The molecule has 4 rings (SSSR count).